The van der Waals surface area contributed by atoms with Gasteiger partial charge in [0.2, 0.25) is 0 Å². The van der Waals surface area contributed by atoms with E-state index in [-0.39, 0.29) is 12.7 Å². The molecule has 0 aliphatic carbocycles. The fourth-order valence-corrected chi connectivity index (χ4v) is 3.08. The lowest BCUT2D eigenvalue weighted by Crippen LogP contribution is -2.41. The van der Waals surface area contributed by atoms with Crippen molar-refractivity contribution in [2.24, 2.45) is 0 Å². The average molecular weight is 365 g/mol. The molecule has 0 saturated heterocycles. The molecule has 1 aliphatic rings. The van der Waals surface area contributed by atoms with Crippen LogP contribution in [0.2, 0.25) is 0 Å². The zero-order chi connectivity index (χ0) is 18.5. The van der Waals surface area contributed by atoms with Crippen LogP contribution in [0, 0.1) is 0 Å². The van der Waals surface area contributed by atoms with Gasteiger partial charge in [-0.2, -0.15) is 0 Å². The van der Waals surface area contributed by atoms with Crippen molar-refractivity contribution in [2.75, 3.05) is 26.3 Å². The molecule has 0 bridgehead atoms. The summed E-state index contributed by atoms with van der Waals surface area (Å²) < 4.78 is 17.3. The molecule has 3 aromatic rings. The van der Waals surface area contributed by atoms with E-state index in [4.69, 9.17) is 14.2 Å². The van der Waals surface area contributed by atoms with Crippen molar-refractivity contribution in [3.8, 4) is 17.2 Å². The number of ether oxygens (including phenoxy) is 3. The van der Waals surface area contributed by atoms with E-state index in [0.717, 1.165) is 22.6 Å². The second-order valence-corrected chi connectivity index (χ2v) is 6.63. The SMILES string of the molecule is O[C@@H](CNC[C@@H]1COc2ccccc2O1)COc1ccc2ccccc2c1. The van der Waals surface area contributed by atoms with E-state index in [2.05, 4.69) is 11.4 Å². The molecule has 4 rings (SSSR count). The van der Waals surface area contributed by atoms with Crippen LogP contribution in [0.25, 0.3) is 10.8 Å². The van der Waals surface area contributed by atoms with Crippen LogP contribution in [0.5, 0.6) is 17.2 Å². The fraction of sp³-hybridized carbons (Fsp3) is 0.273. The molecule has 2 N–H and O–H groups in total. The minimum absolute atomic E-state index is 0.0755. The third-order valence-electron chi connectivity index (χ3n) is 4.48. The molecule has 0 saturated carbocycles. The number of hydrogen-bond donors (Lipinski definition) is 2. The van der Waals surface area contributed by atoms with E-state index in [9.17, 15) is 5.11 Å². The van der Waals surface area contributed by atoms with Gasteiger partial charge < -0.3 is 24.6 Å². The summed E-state index contributed by atoms with van der Waals surface area (Å²) in [5.74, 6) is 2.29. The smallest absolute Gasteiger partial charge is 0.161 e. The van der Waals surface area contributed by atoms with Gasteiger partial charge in [0.25, 0.3) is 0 Å². The molecule has 5 nitrogen and oxygen atoms in total. The molecule has 1 heterocycles. The van der Waals surface area contributed by atoms with Crippen LogP contribution in [0.15, 0.2) is 66.7 Å². The van der Waals surface area contributed by atoms with Gasteiger partial charge in [-0.25, -0.2) is 0 Å². The van der Waals surface area contributed by atoms with Crippen molar-refractivity contribution in [2.45, 2.75) is 12.2 Å². The topological polar surface area (TPSA) is 60.0 Å². The molecule has 0 amide bonds. The Hall–Kier alpha value is -2.76. The number of hydrogen-bond acceptors (Lipinski definition) is 5. The Morgan fingerprint density at radius 1 is 1.00 bits per heavy atom. The Labute approximate surface area is 158 Å². The standard InChI is InChI=1S/C22H23NO4/c24-18(14-25-19-10-9-16-5-1-2-6-17(16)11-19)12-23-13-20-15-26-21-7-3-4-8-22(21)27-20/h1-11,18,20,23-24H,12-15H2/t18-,20+/m0/s1. The van der Waals surface area contributed by atoms with Crippen molar-refractivity contribution in [1.82, 2.24) is 5.32 Å². The van der Waals surface area contributed by atoms with Crippen LogP contribution in [0.3, 0.4) is 0 Å². The van der Waals surface area contributed by atoms with Crippen molar-refractivity contribution >= 4 is 10.8 Å². The lowest BCUT2D eigenvalue weighted by atomic mass is 10.1. The highest BCUT2D eigenvalue weighted by molar-refractivity contribution is 5.83. The second-order valence-electron chi connectivity index (χ2n) is 6.63. The molecule has 5 heteroatoms. The van der Waals surface area contributed by atoms with E-state index in [1.807, 2.05) is 60.7 Å². The largest absolute Gasteiger partial charge is 0.491 e. The highest BCUT2D eigenvalue weighted by Gasteiger charge is 2.20. The van der Waals surface area contributed by atoms with Gasteiger partial charge in [0, 0.05) is 13.1 Å². The van der Waals surface area contributed by atoms with Crippen LogP contribution in [0.4, 0.5) is 0 Å². The minimum atomic E-state index is -0.603. The molecule has 1 aliphatic heterocycles. The molecule has 0 unspecified atom stereocenters. The van der Waals surface area contributed by atoms with E-state index >= 15 is 0 Å². The van der Waals surface area contributed by atoms with Crippen molar-refractivity contribution < 1.29 is 19.3 Å². The van der Waals surface area contributed by atoms with Gasteiger partial charge in [-0.1, -0.05) is 42.5 Å². The summed E-state index contributed by atoms with van der Waals surface area (Å²) in [5, 5.41) is 15.7. The quantitative estimate of drug-likeness (QED) is 0.674. The van der Waals surface area contributed by atoms with E-state index < -0.39 is 6.10 Å². The summed E-state index contributed by atoms with van der Waals surface area (Å²) >= 11 is 0. The Kier molecular flexibility index (Phi) is 5.42. The summed E-state index contributed by atoms with van der Waals surface area (Å²) in [6.07, 6.45) is -0.679. The van der Waals surface area contributed by atoms with E-state index in [1.54, 1.807) is 0 Å². The Bertz CT molecular complexity index is 898. The fourth-order valence-electron chi connectivity index (χ4n) is 3.08. The summed E-state index contributed by atoms with van der Waals surface area (Å²) in [5.41, 5.74) is 0. The van der Waals surface area contributed by atoms with Gasteiger partial charge in [-0.15, -0.1) is 0 Å². The molecule has 0 radical (unpaired) electrons. The third kappa shape index (κ3) is 4.51. The number of benzene rings is 3. The van der Waals surface area contributed by atoms with Crippen molar-refractivity contribution in [3.05, 3.63) is 66.7 Å². The summed E-state index contributed by atoms with van der Waals surface area (Å²) in [6, 6.07) is 21.7. The Balaban J connectivity index is 1.20. The average Bonchev–Trinajstić information content (AvgIpc) is 2.72. The molecule has 0 fully saturated rings. The first-order valence-electron chi connectivity index (χ1n) is 9.17. The van der Waals surface area contributed by atoms with Crippen LogP contribution in [-0.4, -0.2) is 43.6 Å². The van der Waals surface area contributed by atoms with Gasteiger partial charge in [-0.3, -0.25) is 0 Å². The molecule has 3 aromatic carbocycles. The van der Waals surface area contributed by atoms with E-state index in [0.29, 0.717) is 19.7 Å². The molecular formula is C22H23NO4. The molecule has 140 valence electrons. The molecule has 2 atom stereocenters. The maximum atomic E-state index is 10.2. The van der Waals surface area contributed by atoms with Gasteiger partial charge in [0.05, 0.1) is 0 Å². The summed E-state index contributed by atoms with van der Waals surface area (Å²) in [4.78, 5) is 0. The lowest BCUT2D eigenvalue weighted by Gasteiger charge is -2.27. The van der Waals surface area contributed by atoms with Gasteiger partial charge in [-0.05, 0) is 35.0 Å². The van der Waals surface area contributed by atoms with E-state index in [1.165, 1.54) is 5.39 Å². The zero-order valence-corrected chi connectivity index (χ0v) is 15.0. The predicted molar refractivity (Wildman–Crippen MR) is 105 cm³/mol. The number of rotatable bonds is 7. The Morgan fingerprint density at radius 3 is 2.67 bits per heavy atom. The lowest BCUT2D eigenvalue weighted by molar-refractivity contribution is 0.0778. The monoisotopic (exact) mass is 365 g/mol. The predicted octanol–water partition coefficient (Wildman–Crippen LogP) is 3.01. The number of aliphatic hydroxyl groups excluding tert-OH is 1. The third-order valence-corrected chi connectivity index (χ3v) is 4.48. The molecular weight excluding hydrogens is 342 g/mol. The van der Waals surface area contributed by atoms with Crippen LogP contribution in [0.1, 0.15) is 0 Å². The normalized spacial score (nSPS) is 16.9. The molecule has 27 heavy (non-hydrogen) atoms. The maximum absolute atomic E-state index is 10.2. The van der Waals surface area contributed by atoms with Gasteiger partial charge in [0.1, 0.15) is 31.2 Å². The number of fused-ring (bicyclic) bond motifs is 2. The second kappa shape index (κ2) is 8.29. The Morgan fingerprint density at radius 2 is 1.78 bits per heavy atom. The first-order valence-corrected chi connectivity index (χ1v) is 9.17. The first-order chi connectivity index (χ1) is 13.3. The highest BCUT2D eigenvalue weighted by atomic mass is 16.6. The summed E-state index contributed by atoms with van der Waals surface area (Å²) in [7, 11) is 0. The number of nitrogens with one attached hydrogen (secondary N) is 1. The summed E-state index contributed by atoms with van der Waals surface area (Å²) in [6.45, 7) is 1.75. The minimum Gasteiger partial charge on any atom is -0.491 e. The van der Waals surface area contributed by atoms with Crippen molar-refractivity contribution in [3.63, 3.8) is 0 Å². The number of para-hydroxylation sites is 2. The van der Waals surface area contributed by atoms with Crippen molar-refractivity contribution in [1.29, 1.82) is 0 Å². The maximum Gasteiger partial charge on any atom is 0.161 e. The van der Waals surface area contributed by atoms with Gasteiger partial charge in [0.15, 0.2) is 11.5 Å². The molecule has 0 spiro atoms. The highest BCUT2D eigenvalue weighted by Crippen LogP contribution is 2.30. The van der Waals surface area contributed by atoms with Crippen LogP contribution < -0.4 is 19.5 Å². The van der Waals surface area contributed by atoms with Gasteiger partial charge >= 0.3 is 0 Å². The zero-order valence-electron chi connectivity index (χ0n) is 15.0. The van der Waals surface area contributed by atoms with Crippen LogP contribution >= 0.6 is 0 Å². The first kappa shape index (κ1) is 17.6. The van der Waals surface area contributed by atoms with Crippen LogP contribution in [-0.2, 0) is 0 Å². The number of aliphatic hydroxyl groups is 1. The molecule has 0 aromatic heterocycles.